The van der Waals surface area contributed by atoms with Gasteiger partial charge in [0.1, 0.15) is 6.10 Å². The summed E-state index contributed by atoms with van der Waals surface area (Å²) in [4.78, 5) is 21.9. The molecule has 0 bridgehead atoms. The fourth-order valence-electron chi connectivity index (χ4n) is 2.00. The maximum atomic E-state index is 11.0. The Morgan fingerprint density at radius 1 is 1.09 bits per heavy atom. The van der Waals surface area contributed by atoms with Crippen LogP contribution in [0.15, 0.2) is 0 Å². The van der Waals surface area contributed by atoms with E-state index in [1.54, 1.807) is 6.92 Å². The summed E-state index contributed by atoms with van der Waals surface area (Å²) in [5, 5.41) is 7.57. The predicted molar refractivity (Wildman–Crippen MR) is 84.5 cm³/mol. The molecule has 0 aromatic rings. The monoisotopic (exact) mass is 320 g/mol. The van der Waals surface area contributed by atoms with Crippen LogP contribution >= 0.6 is 0 Å². The van der Waals surface area contributed by atoms with Crippen molar-refractivity contribution < 1.29 is 28.9 Å². The van der Waals surface area contributed by atoms with Gasteiger partial charge in [-0.15, -0.1) is 0 Å². The summed E-state index contributed by atoms with van der Waals surface area (Å²) in [6.45, 7) is 11.0. The van der Waals surface area contributed by atoms with Crippen LogP contribution in [-0.4, -0.2) is 48.6 Å². The van der Waals surface area contributed by atoms with E-state index in [1.807, 2.05) is 13.8 Å². The molecule has 1 fully saturated rings. The van der Waals surface area contributed by atoms with Crippen LogP contribution in [0.25, 0.3) is 0 Å². The Bertz CT molecular complexity index is 292. The molecule has 1 rings (SSSR count). The Hall–Kier alpha value is -1.14. The number of aliphatic hydroxyl groups excluding tert-OH is 1. The van der Waals surface area contributed by atoms with Crippen LogP contribution in [-0.2, 0) is 23.8 Å². The average Bonchev–Trinajstić information content (AvgIpc) is 2.44. The molecule has 6 heteroatoms. The number of hydrogen-bond acceptors (Lipinski definition) is 6. The number of rotatable bonds is 4. The molecule has 0 spiro atoms. The van der Waals surface area contributed by atoms with Gasteiger partial charge in [0, 0.05) is 26.9 Å². The van der Waals surface area contributed by atoms with E-state index in [-0.39, 0.29) is 30.8 Å². The molecule has 1 saturated heterocycles. The summed E-state index contributed by atoms with van der Waals surface area (Å²) >= 11 is 0. The molecule has 1 aliphatic heterocycles. The zero-order chi connectivity index (χ0) is 17.5. The highest BCUT2D eigenvalue weighted by atomic mass is 16.6. The minimum absolute atomic E-state index is 0.0798. The molecular formula is C16H32O6. The predicted octanol–water partition coefficient (Wildman–Crippen LogP) is 2.46. The summed E-state index contributed by atoms with van der Waals surface area (Å²) in [5.41, 5.74) is 0. The second-order valence-corrected chi connectivity index (χ2v) is 4.59. The van der Waals surface area contributed by atoms with Crippen molar-refractivity contribution in [3.63, 3.8) is 0 Å². The molecule has 3 atom stereocenters. The van der Waals surface area contributed by atoms with Crippen LogP contribution in [0.2, 0.25) is 0 Å². The van der Waals surface area contributed by atoms with Gasteiger partial charge in [0.25, 0.3) is 0 Å². The lowest BCUT2D eigenvalue weighted by molar-refractivity contribution is -0.187. The van der Waals surface area contributed by atoms with E-state index in [2.05, 4.69) is 6.92 Å². The molecule has 132 valence electrons. The van der Waals surface area contributed by atoms with Crippen molar-refractivity contribution in [1.29, 1.82) is 0 Å². The summed E-state index contributed by atoms with van der Waals surface area (Å²) in [7, 11) is 0. The lowest BCUT2D eigenvalue weighted by Crippen LogP contribution is -2.45. The van der Waals surface area contributed by atoms with Crippen LogP contribution in [0.3, 0.4) is 0 Å². The third-order valence-corrected chi connectivity index (χ3v) is 2.65. The highest BCUT2D eigenvalue weighted by Crippen LogP contribution is 2.23. The fraction of sp³-hybridized carbons (Fsp3) is 0.875. The highest BCUT2D eigenvalue weighted by Gasteiger charge is 2.35. The summed E-state index contributed by atoms with van der Waals surface area (Å²) in [6, 6.07) is 0. The molecule has 1 heterocycles. The Balaban J connectivity index is 0. The zero-order valence-electron chi connectivity index (χ0n) is 14.8. The Kier molecular flexibility index (Phi) is 15.5. The van der Waals surface area contributed by atoms with Crippen molar-refractivity contribution in [3.8, 4) is 0 Å². The first-order valence-electron chi connectivity index (χ1n) is 8.01. The van der Waals surface area contributed by atoms with Crippen LogP contribution in [0.5, 0.6) is 0 Å². The lowest BCUT2D eigenvalue weighted by atomic mass is 10.00. The third-order valence-electron chi connectivity index (χ3n) is 2.65. The van der Waals surface area contributed by atoms with E-state index in [4.69, 9.17) is 19.3 Å². The van der Waals surface area contributed by atoms with Gasteiger partial charge in [0.15, 0.2) is 6.10 Å². The number of ether oxygens (including phenoxy) is 3. The van der Waals surface area contributed by atoms with Gasteiger partial charge < -0.3 is 19.3 Å². The van der Waals surface area contributed by atoms with Crippen molar-refractivity contribution in [3.05, 3.63) is 0 Å². The first-order chi connectivity index (χ1) is 10.4. The second kappa shape index (κ2) is 14.8. The Labute approximate surface area is 134 Å². The smallest absolute Gasteiger partial charge is 0.303 e. The molecule has 3 unspecified atom stereocenters. The van der Waals surface area contributed by atoms with E-state index in [1.165, 1.54) is 13.8 Å². The minimum atomic E-state index is -0.482. The average molecular weight is 320 g/mol. The maximum absolute atomic E-state index is 11.0. The largest absolute Gasteiger partial charge is 0.458 e. The van der Waals surface area contributed by atoms with Crippen molar-refractivity contribution in [1.82, 2.24) is 0 Å². The molecule has 0 radical (unpaired) electrons. The molecule has 22 heavy (non-hydrogen) atoms. The normalized spacial score (nSPS) is 23.1. The van der Waals surface area contributed by atoms with Crippen molar-refractivity contribution in [2.75, 3.05) is 13.2 Å². The molecule has 0 aromatic carbocycles. The highest BCUT2D eigenvalue weighted by molar-refractivity contribution is 5.67. The molecule has 1 aliphatic rings. The molecule has 6 nitrogen and oxygen atoms in total. The molecular weight excluding hydrogens is 288 g/mol. The molecule has 0 aliphatic carbocycles. The summed E-state index contributed by atoms with van der Waals surface area (Å²) < 4.78 is 15.9. The quantitative estimate of drug-likeness (QED) is 0.801. The van der Waals surface area contributed by atoms with Crippen molar-refractivity contribution in [2.45, 2.75) is 79.1 Å². The van der Waals surface area contributed by atoms with E-state index < -0.39 is 6.10 Å². The van der Waals surface area contributed by atoms with Gasteiger partial charge >= 0.3 is 11.9 Å². The Morgan fingerprint density at radius 3 is 1.95 bits per heavy atom. The molecule has 1 N–H and O–H groups in total. The topological polar surface area (TPSA) is 82.1 Å². The summed E-state index contributed by atoms with van der Waals surface area (Å²) in [5.74, 6) is -0.742. The van der Waals surface area contributed by atoms with Crippen LogP contribution in [0, 0.1) is 0 Å². The summed E-state index contributed by atoms with van der Waals surface area (Å²) in [6.07, 6.45) is 1.73. The van der Waals surface area contributed by atoms with Gasteiger partial charge in [-0.25, -0.2) is 0 Å². The number of aliphatic hydroxyl groups is 1. The number of carbonyl (C=O) groups excluding carboxylic acids is 2. The van der Waals surface area contributed by atoms with Gasteiger partial charge in [-0.3, -0.25) is 9.59 Å². The SMILES string of the molecule is CC.CCCC1CC(OC(C)=O)C(OC(C)=O)CO1.CCO. The maximum Gasteiger partial charge on any atom is 0.303 e. The Morgan fingerprint density at radius 2 is 1.55 bits per heavy atom. The van der Waals surface area contributed by atoms with Crippen LogP contribution in [0.4, 0.5) is 0 Å². The van der Waals surface area contributed by atoms with Crippen LogP contribution < -0.4 is 0 Å². The third kappa shape index (κ3) is 11.5. The van der Waals surface area contributed by atoms with Gasteiger partial charge in [0.2, 0.25) is 0 Å². The number of carbonyl (C=O) groups is 2. The molecule has 0 saturated carbocycles. The number of hydrogen-bond donors (Lipinski definition) is 1. The van der Waals surface area contributed by atoms with E-state index in [0.717, 1.165) is 12.8 Å². The van der Waals surface area contributed by atoms with Crippen LogP contribution in [0.1, 0.15) is 60.8 Å². The number of esters is 2. The van der Waals surface area contributed by atoms with Gasteiger partial charge in [-0.2, -0.15) is 0 Å². The standard InChI is InChI=1S/C12H20O5.C2H6O.C2H6/c1-4-5-10-6-11(16-8(2)13)12(7-15-10)17-9(3)14;1-2-3;1-2/h10-12H,4-7H2,1-3H3;3H,2H2,1H3;1-2H3. The molecule has 0 aromatic heterocycles. The first kappa shape index (κ1) is 23.1. The van der Waals surface area contributed by atoms with Gasteiger partial charge in [0.05, 0.1) is 12.7 Å². The zero-order valence-corrected chi connectivity index (χ0v) is 14.8. The van der Waals surface area contributed by atoms with Crippen molar-refractivity contribution in [2.24, 2.45) is 0 Å². The van der Waals surface area contributed by atoms with E-state index >= 15 is 0 Å². The van der Waals surface area contributed by atoms with E-state index in [9.17, 15) is 9.59 Å². The fourth-order valence-corrected chi connectivity index (χ4v) is 2.00. The van der Waals surface area contributed by atoms with E-state index in [0.29, 0.717) is 13.0 Å². The molecule has 0 amide bonds. The first-order valence-corrected chi connectivity index (χ1v) is 8.01. The lowest BCUT2D eigenvalue weighted by Gasteiger charge is -2.34. The van der Waals surface area contributed by atoms with Gasteiger partial charge in [-0.05, 0) is 13.3 Å². The minimum Gasteiger partial charge on any atom is -0.458 e. The van der Waals surface area contributed by atoms with Gasteiger partial charge in [-0.1, -0.05) is 27.2 Å². The van der Waals surface area contributed by atoms with Crippen molar-refractivity contribution >= 4 is 11.9 Å². The second-order valence-electron chi connectivity index (χ2n) is 4.59.